The minimum absolute atomic E-state index is 0.0971. The molecule has 0 spiro atoms. The number of amides is 1. The van der Waals surface area contributed by atoms with Crippen molar-refractivity contribution in [2.24, 2.45) is 5.10 Å². The maximum Gasteiger partial charge on any atom is 0.277 e. The van der Waals surface area contributed by atoms with Crippen LogP contribution in [-0.2, 0) is 4.79 Å². The summed E-state index contributed by atoms with van der Waals surface area (Å²) in [7, 11) is 1.59. The largest absolute Gasteiger partial charge is 0.497 e. The number of ether oxygens (including phenoxy) is 2. The zero-order valence-corrected chi connectivity index (χ0v) is 14.5. The van der Waals surface area contributed by atoms with Gasteiger partial charge in [0.05, 0.1) is 13.3 Å². The maximum atomic E-state index is 11.7. The summed E-state index contributed by atoms with van der Waals surface area (Å²) < 4.78 is 11.4. The van der Waals surface area contributed by atoms with Gasteiger partial charge >= 0.3 is 0 Å². The Morgan fingerprint density at radius 1 is 1.26 bits per heavy atom. The van der Waals surface area contributed by atoms with Crippen LogP contribution in [0.2, 0.25) is 0 Å². The van der Waals surface area contributed by atoms with Gasteiger partial charge in [0, 0.05) is 10.0 Å². The first-order valence-electron chi connectivity index (χ1n) is 6.93. The summed E-state index contributed by atoms with van der Waals surface area (Å²) in [6.07, 6.45) is 1.54. The highest BCUT2D eigenvalue weighted by molar-refractivity contribution is 9.10. The van der Waals surface area contributed by atoms with Crippen molar-refractivity contribution in [3.8, 4) is 11.5 Å². The highest BCUT2D eigenvalue weighted by Crippen LogP contribution is 2.20. The number of halogens is 1. The van der Waals surface area contributed by atoms with Crippen LogP contribution in [0.3, 0.4) is 0 Å². The molecule has 1 N–H and O–H groups in total. The van der Waals surface area contributed by atoms with Crippen LogP contribution >= 0.6 is 15.9 Å². The van der Waals surface area contributed by atoms with Gasteiger partial charge in [0.1, 0.15) is 11.5 Å². The second-order valence-electron chi connectivity index (χ2n) is 4.79. The molecule has 0 saturated carbocycles. The van der Waals surface area contributed by atoms with Crippen molar-refractivity contribution in [2.45, 2.75) is 6.92 Å². The molecule has 0 saturated heterocycles. The number of methoxy groups -OCH3 is 1. The number of rotatable bonds is 6. The Kier molecular flexibility index (Phi) is 6.17. The number of carbonyl (C=O) groups is 1. The third-order valence-electron chi connectivity index (χ3n) is 2.96. The molecule has 2 rings (SSSR count). The smallest absolute Gasteiger partial charge is 0.277 e. The molecule has 1 amide bonds. The number of carbonyl (C=O) groups excluding carboxylic acids is 1. The fourth-order valence-corrected chi connectivity index (χ4v) is 2.16. The van der Waals surface area contributed by atoms with Gasteiger partial charge in [-0.15, -0.1) is 0 Å². The molecule has 0 atom stereocenters. The Morgan fingerprint density at radius 2 is 2.09 bits per heavy atom. The number of hydrogen-bond donors (Lipinski definition) is 1. The Labute approximate surface area is 143 Å². The summed E-state index contributed by atoms with van der Waals surface area (Å²) in [5.41, 5.74) is 4.29. The summed E-state index contributed by atoms with van der Waals surface area (Å²) in [6, 6.07) is 13.0. The van der Waals surface area contributed by atoms with Crippen LogP contribution in [0.4, 0.5) is 0 Å². The molecule has 0 aliphatic carbocycles. The van der Waals surface area contributed by atoms with Gasteiger partial charge in [0.15, 0.2) is 6.61 Å². The molecule has 0 heterocycles. The van der Waals surface area contributed by atoms with Crippen LogP contribution in [-0.4, -0.2) is 25.8 Å². The lowest BCUT2D eigenvalue weighted by molar-refractivity contribution is -0.123. The lowest BCUT2D eigenvalue weighted by Gasteiger charge is -2.06. The summed E-state index contributed by atoms with van der Waals surface area (Å²) in [5.74, 6) is 1.03. The van der Waals surface area contributed by atoms with Crippen LogP contribution in [0.5, 0.6) is 11.5 Å². The van der Waals surface area contributed by atoms with E-state index < -0.39 is 0 Å². The molecule has 0 bridgehead atoms. The summed E-state index contributed by atoms with van der Waals surface area (Å²) in [6.45, 7) is 1.86. The van der Waals surface area contributed by atoms with Crippen molar-refractivity contribution < 1.29 is 14.3 Å². The Balaban J connectivity index is 1.86. The Bertz CT molecular complexity index is 717. The minimum atomic E-state index is -0.332. The number of nitrogens with one attached hydrogen (secondary N) is 1. The molecule has 6 heteroatoms. The van der Waals surface area contributed by atoms with Crippen molar-refractivity contribution in [3.63, 3.8) is 0 Å². The first-order chi connectivity index (χ1) is 11.1. The lowest BCUT2D eigenvalue weighted by atomic mass is 10.2. The molecular formula is C17H17BrN2O3. The molecular weight excluding hydrogens is 360 g/mol. The Morgan fingerprint density at radius 3 is 2.83 bits per heavy atom. The van der Waals surface area contributed by atoms with E-state index in [0.29, 0.717) is 11.5 Å². The van der Waals surface area contributed by atoms with E-state index >= 15 is 0 Å². The molecule has 0 radical (unpaired) electrons. The van der Waals surface area contributed by atoms with Gasteiger partial charge in [-0.05, 0) is 42.8 Å². The van der Waals surface area contributed by atoms with Gasteiger partial charge < -0.3 is 9.47 Å². The highest BCUT2D eigenvalue weighted by Gasteiger charge is 2.03. The van der Waals surface area contributed by atoms with E-state index in [0.717, 1.165) is 15.6 Å². The lowest BCUT2D eigenvalue weighted by Crippen LogP contribution is -2.24. The van der Waals surface area contributed by atoms with Crippen LogP contribution < -0.4 is 14.9 Å². The summed E-state index contributed by atoms with van der Waals surface area (Å²) in [4.78, 5) is 11.7. The monoisotopic (exact) mass is 376 g/mol. The average molecular weight is 377 g/mol. The number of hydrazone groups is 1. The van der Waals surface area contributed by atoms with Crippen molar-refractivity contribution in [3.05, 3.63) is 58.1 Å². The molecule has 0 aromatic heterocycles. The van der Waals surface area contributed by atoms with Crippen molar-refractivity contribution in [1.29, 1.82) is 0 Å². The normalized spacial score (nSPS) is 10.6. The molecule has 5 nitrogen and oxygen atoms in total. The van der Waals surface area contributed by atoms with Crippen LogP contribution in [0.15, 0.2) is 52.0 Å². The van der Waals surface area contributed by atoms with E-state index in [-0.39, 0.29) is 12.5 Å². The molecule has 2 aromatic rings. The van der Waals surface area contributed by atoms with E-state index in [1.807, 2.05) is 43.3 Å². The third-order valence-corrected chi connectivity index (χ3v) is 3.68. The molecule has 0 aliphatic rings. The van der Waals surface area contributed by atoms with Gasteiger partial charge in [-0.3, -0.25) is 4.79 Å². The predicted octanol–water partition coefficient (Wildman–Crippen LogP) is 3.30. The molecule has 0 fully saturated rings. The molecule has 0 unspecified atom stereocenters. The molecule has 0 aliphatic heterocycles. The number of nitrogens with zero attached hydrogens (tertiary/aromatic N) is 1. The van der Waals surface area contributed by atoms with Crippen molar-refractivity contribution in [2.75, 3.05) is 13.7 Å². The topological polar surface area (TPSA) is 59.9 Å². The molecule has 120 valence electrons. The number of aryl methyl sites for hydroxylation is 1. The first kappa shape index (κ1) is 17.0. The summed E-state index contributed by atoms with van der Waals surface area (Å²) >= 11 is 3.41. The fourth-order valence-electron chi connectivity index (χ4n) is 1.81. The van der Waals surface area contributed by atoms with Gasteiger partial charge in [-0.1, -0.05) is 28.1 Å². The van der Waals surface area contributed by atoms with Gasteiger partial charge in [-0.25, -0.2) is 5.43 Å². The van der Waals surface area contributed by atoms with Crippen molar-refractivity contribution >= 4 is 28.1 Å². The fraction of sp³-hybridized carbons (Fsp3) is 0.176. The maximum absolute atomic E-state index is 11.7. The van der Waals surface area contributed by atoms with Gasteiger partial charge in [0.2, 0.25) is 0 Å². The SMILES string of the molecule is COc1ccc(Br)c(/C=N\NC(=O)COc2cccc(C)c2)c1. The quantitative estimate of drug-likeness (QED) is 0.621. The molecule has 2 aromatic carbocycles. The summed E-state index contributed by atoms with van der Waals surface area (Å²) in [5, 5.41) is 3.92. The standard InChI is InChI=1S/C17H17BrN2O3/c1-12-4-3-5-15(8-12)23-11-17(21)20-19-10-13-9-14(22-2)6-7-16(13)18/h3-10H,11H2,1-2H3,(H,20,21)/b19-10-. The second kappa shape index (κ2) is 8.33. The van der Waals surface area contributed by atoms with Crippen molar-refractivity contribution in [1.82, 2.24) is 5.43 Å². The zero-order chi connectivity index (χ0) is 16.7. The number of hydrogen-bond acceptors (Lipinski definition) is 4. The first-order valence-corrected chi connectivity index (χ1v) is 7.72. The number of benzene rings is 2. The Hall–Kier alpha value is -2.34. The predicted molar refractivity (Wildman–Crippen MR) is 93.1 cm³/mol. The van der Waals surface area contributed by atoms with Crippen LogP contribution in [0, 0.1) is 6.92 Å². The van der Waals surface area contributed by atoms with Gasteiger partial charge in [-0.2, -0.15) is 5.10 Å². The second-order valence-corrected chi connectivity index (χ2v) is 5.64. The third kappa shape index (κ3) is 5.41. The zero-order valence-electron chi connectivity index (χ0n) is 12.9. The van der Waals surface area contributed by atoms with Gasteiger partial charge in [0.25, 0.3) is 5.91 Å². The molecule has 23 heavy (non-hydrogen) atoms. The highest BCUT2D eigenvalue weighted by atomic mass is 79.9. The van der Waals surface area contributed by atoms with E-state index in [9.17, 15) is 4.79 Å². The van der Waals surface area contributed by atoms with E-state index in [1.165, 1.54) is 6.21 Å². The van der Waals surface area contributed by atoms with Crippen LogP contribution in [0.25, 0.3) is 0 Å². The van der Waals surface area contributed by atoms with E-state index in [2.05, 4.69) is 26.5 Å². The average Bonchev–Trinajstić information content (AvgIpc) is 2.55. The van der Waals surface area contributed by atoms with Crippen LogP contribution in [0.1, 0.15) is 11.1 Å². The van der Waals surface area contributed by atoms with E-state index in [1.54, 1.807) is 13.2 Å². The minimum Gasteiger partial charge on any atom is -0.497 e. The van der Waals surface area contributed by atoms with E-state index in [4.69, 9.17) is 9.47 Å².